The first-order valence-electron chi connectivity index (χ1n) is 9.96. The number of imidazole rings is 1. The third-order valence-electron chi connectivity index (χ3n) is 4.87. The van der Waals surface area contributed by atoms with Gasteiger partial charge in [-0.2, -0.15) is 0 Å². The summed E-state index contributed by atoms with van der Waals surface area (Å²) in [6.07, 6.45) is 4.36. The van der Waals surface area contributed by atoms with E-state index in [4.69, 9.17) is 11.6 Å². The number of nitrogens with one attached hydrogen (secondary N) is 2. The third kappa shape index (κ3) is 5.16. The van der Waals surface area contributed by atoms with Gasteiger partial charge in [-0.3, -0.25) is 4.79 Å². The molecule has 2 N–H and O–H groups in total. The summed E-state index contributed by atoms with van der Waals surface area (Å²) in [6.45, 7) is 0.481. The van der Waals surface area contributed by atoms with Crippen LogP contribution in [0.3, 0.4) is 0 Å². The first kappa shape index (κ1) is 22.0. The minimum absolute atomic E-state index is 0.0480. The molecule has 0 saturated carbocycles. The number of benzene rings is 2. The first-order valence-corrected chi connectivity index (χ1v) is 11.8. The Bertz CT molecular complexity index is 1320. The highest BCUT2D eigenvalue weighted by atomic mass is 35.5. The molecule has 0 unspecified atom stereocenters. The van der Waals surface area contributed by atoms with Gasteiger partial charge < -0.3 is 9.72 Å². The van der Waals surface area contributed by atoms with E-state index in [1.54, 1.807) is 0 Å². The summed E-state index contributed by atoms with van der Waals surface area (Å²) >= 11 is 6.13. The van der Waals surface area contributed by atoms with Crippen molar-refractivity contribution in [2.45, 2.75) is 17.9 Å². The van der Waals surface area contributed by atoms with E-state index in [-0.39, 0.29) is 27.9 Å². The smallest absolute Gasteiger partial charge is 0.251 e. The van der Waals surface area contributed by atoms with Crippen molar-refractivity contribution in [3.8, 4) is 0 Å². The van der Waals surface area contributed by atoms with Crippen LogP contribution in [-0.4, -0.2) is 30.3 Å². The van der Waals surface area contributed by atoms with Crippen LogP contribution < -0.4 is 10.0 Å². The fourth-order valence-electron chi connectivity index (χ4n) is 3.22. The zero-order chi connectivity index (χ0) is 22.6. The Hall–Kier alpha value is -3.20. The summed E-state index contributed by atoms with van der Waals surface area (Å²) in [5.74, 6) is -0.384. The number of carbonyl (C=O) groups is 1. The fourth-order valence-corrected chi connectivity index (χ4v) is 4.76. The summed E-state index contributed by atoms with van der Waals surface area (Å²) in [5.41, 5.74) is 2.71. The quantitative estimate of drug-likeness (QED) is 0.414. The molecule has 2 aromatic heterocycles. The number of amides is 1. The Kier molecular flexibility index (Phi) is 6.55. The number of carbonyl (C=O) groups excluding carboxylic acids is 1. The van der Waals surface area contributed by atoms with Gasteiger partial charge in [0.05, 0.1) is 10.7 Å². The highest BCUT2D eigenvalue weighted by Gasteiger charge is 2.20. The molecule has 0 aliphatic rings. The van der Waals surface area contributed by atoms with E-state index >= 15 is 0 Å². The normalized spacial score (nSPS) is 11.5. The lowest BCUT2D eigenvalue weighted by Crippen LogP contribution is -2.27. The van der Waals surface area contributed by atoms with Crippen molar-refractivity contribution >= 4 is 33.2 Å². The fraction of sp³-hybridized carbons (Fsp3) is 0.130. The van der Waals surface area contributed by atoms with Gasteiger partial charge in [0.15, 0.2) is 0 Å². The van der Waals surface area contributed by atoms with Crippen molar-refractivity contribution in [3.63, 3.8) is 0 Å². The Labute approximate surface area is 191 Å². The predicted octanol–water partition coefficient (Wildman–Crippen LogP) is 3.44. The average Bonchev–Trinajstić information content (AvgIpc) is 3.21. The number of rotatable bonds is 8. The lowest BCUT2D eigenvalue weighted by molar-refractivity contribution is 0.0954. The second kappa shape index (κ2) is 9.52. The summed E-state index contributed by atoms with van der Waals surface area (Å²) in [4.78, 5) is 16.9. The number of pyridine rings is 1. The summed E-state index contributed by atoms with van der Waals surface area (Å²) < 4.78 is 29.9. The molecule has 0 bridgehead atoms. The van der Waals surface area contributed by atoms with Gasteiger partial charge in [0.2, 0.25) is 10.0 Å². The topological polar surface area (TPSA) is 92.6 Å². The Morgan fingerprint density at radius 3 is 2.59 bits per heavy atom. The van der Waals surface area contributed by atoms with Crippen LogP contribution in [0.4, 0.5) is 0 Å². The number of halogens is 1. The summed E-state index contributed by atoms with van der Waals surface area (Å²) in [6, 6.07) is 19.1. The second-order valence-corrected chi connectivity index (χ2v) is 9.30. The van der Waals surface area contributed by atoms with Gasteiger partial charge in [0.1, 0.15) is 10.5 Å². The Morgan fingerprint density at radius 1 is 1.03 bits per heavy atom. The maximum Gasteiger partial charge on any atom is 0.251 e. The summed E-state index contributed by atoms with van der Waals surface area (Å²) in [7, 11) is -3.90. The van der Waals surface area contributed by atoms with Gasteiger partial charge in [-0.1, -0.05) is 48.0 Å². The van der Waals surface area contributed by atoms with Gasteiger partial charge in [0, 0.05) is 37.5 Å². The highest BCUT2D eigenvalue weighted by molar-refractivity contribution is 7.89. The van der Waals surface area contributed by atoms with E-state index in [1.807, 2.05) is 65.3 Å². The van der Waals surface area contributed by atoms with Gasteiger partial charge in [-0.05, 0) is 35.9 Å². The first-order chi connectivity index (χ1) is 15.4. The van der Waals surface area contributed by atoms with Gasteiger partial charge in [0.25, 0.3) is 5.91 Å². The van der Waals surface area contributed by atoms with E-state index in [1.165, 1.54) is 18.2 Å². The van der Waals surface area contributed by atoms with E-state index < -0.39 is 10.0 Å². The minimum Gasteiger partial charge on any atom is -0.352 e. The van der Waals surface area contributed by atoms with E-state index in [0.29, 0.717) is 13.0 Å². The van der Waals surface area contributed by atoms with E-state index in [0.717, 1.165) is 16.9 Å². The molecule has 1 amide bonds. The van der Waals surface area contributed by atoms with Gasteiger partial charge in [-0.25, -0.2) is 18.1 Å². The molecular weight excluding hydrogens is 448 g/mol. The van der Waals surface area contributed by atoms with Gasteiger partial charge >= 0.3 is 0 Å². The van der Waals surface area contributed by atoms with Crippen LogP contribution in [0.2, 0.25) is 5.02 Å². The molecule has 0 aliphatic heterocycles. The number of hydrogen-bond donors (Lipinski definition) is 2. The molecule has 2 heterocycles. The second-order valence-electron chi connectivity index (χ2n) is 7.16. The van der Waals surface area contributed by atoms with Crippen LogP contribution in [-0.2, 0) is 23.0 Å². The molecular formula is C23H21ClN4O3S. The standard InChI is InChI=1S/C23H21ClN4O3S/c24-20-10-9-18(14-21(20)32(30,31)26-15-17-6-2-1-3-7-17)23(29)25-12-11-19-16-28-13-5-4-8-22(28)27-19/h1-10,13-14,16,26H,11-12,15H2,(H,25,29). The molecule has 2 aromatic carbocycles. The molecule has 164 valence electrons. The molecule has 0 radical (unpaired) electrons. The average molecular weight is 469 g/mol. The van der Waals surface area contributed by atoms with Crippen LogP contribution >= 0.6 is 11.6 Å². The minimum atomic E-state index is -3.90. The molecule has 32 heavy (non-hydrogen) atoms. The number of aromatic nitrogens is 2. The van der Waals surface area contributed by atoms with Crippen LogP contribution in [0.1, 0.15) is 21.6 Å². The molecule has 4 rings (SSSR count). The zero-order valence-electron chi connectivity index (χ0n) is 17.0. The van der Waals surface area contributed by atoms with E-state index in [2.05, 4.69) is 15.0 Å². The van der Waals surface area contributed by atoms with Gasteiger partial charge in [-0.15, -0.1) is 0 Å². The third-order valence-corrected chi connectivity index (χ3v) is 6.76. The number of nitrogens with zero attached hydrogens (tertiary/aromatic N) is 2. The van der Waals surface area contributed by atoms with E-state index in [9.17, 15) is 13.2 Å². The predicted molar refractivity (Wildman–Crippen MR) is 123 cm³/mol. The van der Waals surface area contributed by atoms with Crippen LogP contribution in [0.5, 0.6) is 0 Å². The lowest BCUT2D eigenvalue weighted by atomic mass is 10.2. The van der Waals surface area contributed by atoms with Crippen molar-refractivity contribution in [2.24, 2.45) is 0 Å². The molecule has 0 fully saturated rings. The molecule has 0 atom stereocenters. The molecule has 9 heteroatoms. The largest absolute Gasteiger partial charge is 0.352 e. The van der Waals surface area contributed by atoms with Crippen LogP contribution in [0.15, 0.2) is 84.0 Å². The number of sulfonamides is 1. The number of fused-ring (bicyclic) bond motifs is 1. The molecule has 4 aromatic rings. The Balaban J connectivity index is 1.41. The van der Waals surface area contributed by atoms with Crippen molar-refractivity contribution in [1.29, 1.82) is 0 Å². The molecule has 0 spiro atoms. The van der Waals surface area contributed by atoms with Crippen molar-refractivity contribution in [2.75, 3.05) is 6.54 Å². The highest BCUT2D eigenvalue weighted by Crippen LogP contribution is 2.23. The number of hydrogen-bond acceptors (Lipinski definition) is 4. The Morgan fingerprint density at radius 2 is 1.81 bits per heavy atom. The maximum absolute atomic E-state index is 12.7. The molecule has 0 saturated heterocycles. The zero-order valence-corrected chi connectivity index (χ0v) is 18.6. The van der Waals surface area contributed by atoms with Crippen molar-refractivity contribution in [3.05, 3.63) is 101 Å². The lowest BCUT2D eigenvalue weighted by Gasteiger charge is -2.11. The van der Waals surface area contributed by atoms with Crippen LogP contribution in [0, 0.1) is 0 Å². The molecule has 7 nitrogen and oxygen atoms in total. The SMILES string of the molecule is O=C(NCCc1cn2ccccc2n1)c1ccc(Cl)c(S(=O)(=O)NCc2ccccc2)c1. The summed E-state index contributed by atoms with van der Waals surface area (Å²) in [5, 5.41) is 2.85. The molecule has 0 aliphatic carbocycles. The van der Waals surface area contributed by atoms with Crippen molar-refractivity contribution in [1.82, 2.24) is 19.4 Å². The van der Waals surface area contributed by atoms with Crippen molar-refractivity contribution < 1.29 is 13.2 Å². The monoisotopic (exact) mass is 468 g/mol. The maximum atomic E-state index is 12.7. The van der Waals surface area contributed by atoms with Crippen LogP contribution in [0.25, 0.3) is 5.65 Å².